The predicted molar refractivity (Wildman–Crippen MR) is 108 cm³/mol. The molecule has 4 rings (SSSR count). The average molecular weight is 416 g/mol. The van der Waals surface area contributed by atoms with Crippen molar-refractivity contribution in [2.45, 2.75) is 38.3 Å². The highest BCUT2D eigenvalue weighted by Gasteiger charge is 2.48. The van der Waals surface area contributed by atoms with Crippen molar-refractivity contribution >= 4 is 23.2 Å². The fraction of sp³-hybridized carbons (Fsp3) is 0.391. The van der Waals surface area contributed by atoms with Crippen molar-refractivity contribution < 1.29 is 22.8 Å². The Morgan fingerprint density at radius 1 is 0.967 bits per heavy atom. The average Bonchev–Trinajstić information content (AvgIpc) is 3.17. The Kier molecular flexibility index (Phi) is 5.54. The van der Waals surface area contributed by atoms with Gasteiger partial charge in [0.2, 0.25) is 5.91 Å². The maximum Gasteiger partial charge on any atom is 0.392 e. The highest BCUT2D eigenvalue weighted by Crippen LogP contribution is 2.42. The van der Waals surface area contributed by atoms with E-state index in [0.717, 1.165) is 17.7 Å². The van der Waals surface area contributed by atoms with E-state index >= 15 is 0 Å². The third-order valence-corrected chi connectivity index (χ3v) is 6.05. The van der Waals surface area contributed by atoms with Gasteiger partial charge in [-0.15, -0.1) is 0 Å². The third kappa shape index (κ3) is 4.06. The quantitative estimate of drug-likeness (QED) is 0.748. The molecule has 0 bridgehead atoms. The number of carbonyl (C=O) groups is 2. The van der Waals surface area contributed by atoms with E-state index in [-0.39, 0.29) is 18.7 Å². The summed E-state index contributed by atoms with van der Waals surface area (Å²) in [5.74, 6) is -3.41. The largest absolute Gasteiger partial charge is 0.392 e. The summed E-state index contributed by atoms with van der Waals surface area (Å²) in [4.78, 5) is 27.1. The molecule has 1 heterocycles. The van der Waals surface area contributed by atoms with E-state index in [1.54, 1.807) is 29.2 Å². The standard InChI is InChI=1S/C23H23F3N2O2/c24-23(25,26)19-7-3-2-6-18(19)21(29)27-17-11-9-16(10-12-17)22(30)28-14-13-15-5-1-4-8-20(15)28/h1,4-5,8-12,18-19H,2-3,6-7,13-14H2,(H,27,29). The molecule has 2 atom stereocenters. The van der Waals surface area contributed by atoms with Crippen molar-refractivity contribution in [1.82, 2.24) is 0 Å². The van der Waals surface area contributed by atoms with Crippen LogP contribution in [0.2, 0.25) is 0 Å². The lowest BCUT2D eigenvalue weighted by atomic mass is 9.78. The van der Waals surface area contributed by atoms with E-state index in [0.29, 0.717) is 30.6 Å². The van der Waals surface area contributed by atoms with Crippen molar-refractivity contribution in [3.8, 4) is 0 Å². The van der Waals surface area contributed by atoms with Crippen LogP contribution in [0.15, 0.2) is 48.5 Å². The number of anilines is 2. The van der Waals surface area contributed by atoms with Crippen molar-refractivity contribution in [3.05, 3.63) is 59.7 Å². The van der Waals surface area contributed by atoms with Crippen LogP contribution in [-0.4, -0.2) is 24.5 Å². The number of para-hydroxylation sites is 1. The molecule has 0 aromatic heterocycles. The molecule has 0 saturated heterocycles. The summed E-state index contributed by atoms with van der Waals surface area (Å²) in [7, 11) is 0. The maximum absolute atomic E-state index is 13.3. The summed E-state index contributed by atoms with van der Waals surface area (Å²) in [6.45, 7) is 0.608. The number of benzene rings is 2. The van der Waals surface area contributed by atoms with Crippen molar-refractivity contribution in [3.63, 3.8) is 0 Å². The zero-order valence-corrected chi connectivity index (χ0v) is 16.4. The molecule has 2 aromatic carbocycles. The molecule has 4 nitrogen and oxygen atoms in total. The minimum atomic E-state index is -4.37. The number of amides is 2. The molecule has 2 aromatic rings. The monoisotopic (exact) mass is 416 g/mol. The van der Waals surface area contributed by atoms with Gasteiger partial charge in [-0.25, -0.2) is 0 Å². The minimum absolute atomic E-state index is 0.00760. The molecule has 2 aliphatic rings. The number of hydrogen-bond acceptors (Lipinski definition) is 2. The third-order valence-electron chi connectivity index (χ3n) is 6.05. The van der Waals surface area contributed by atoms with E-state index in [1.807, 2.05) is 24.3 Å². The Morgan fingerprint density at radius 3 is 2.40 bits per heavy atom. The molecule has 1 saturated carbocycles. The number of fused-ring (bicyclic) bond motifs is 1. The second-order valence-electron chi connectivity index (χ2n) is 7.94. The molecule has 0 radical (unpaired) electrons. The molecule has 158 valence electrons. The van der Waals surface area contributed by atoms with Crippen LogP contribution in [0.1, 0.15) is 41.6 Å². The Hall–Kier alpha value is -2.83. The van der Waals surface area contributed by atoms with Gasteiger partial charge in [-0.05, 0) is 55.2 Å². The van der Waals surface area contributed by atoms with E-state index in [2.05, 4.69) is 5.32 Å². The summed E-state index contributed by atoms with van der Waals surface area (Å²) in [6, 6.07) is 14.1. The lowest BCUT2D eigenvalue weighted by Gasteiger charge is -2.32. The Bertz CT molecular complexity index is 940. The van der Waals surface area contributed by atoms with E-state index < -0.39 is 23.9 Å². The lowest BCUT2D eigenvalue weighted by Crippen LogP contribution is -2.39. The SMILES string of the molecule is O=C(Nc1ccc(C(=O)N2CCc3ccccc32)cc1)C1CCCCC1C(F)(F)F. The minimum Gasteiger partial charge on any atom is -0.326 e. The van der Waals surface area contributed by atoms with Gasteiger partial charge in [0.25, 0.3) is 5.91 Å². The van der Waals surface area contributed by atoms with E-state index in [4.69, 9.17) is 0 Å². The van der Waals surface area contributed by atoms with Crippen LogP contribution in [0, 0.1) is 11.8 Å². The van der Waals surface area contributed by atoms with Gasteiger partial charge < -0.3 is 10.2 Å². The summed E-state index contributed by atoms with van der Waals surface area (Å²) >= 11 is 0. The Labute approximate surface area is 173 Å². The zero-order chi connectivity index (χ0) is 21.3. The highest BCUT2D eigenvalue weighted by molar-refractivity contribution is 6.07. The number of carbonyl (C=O) groups excluding carboxylic acids is 2. The van der Waals surface area contributed by atoms with Gasteiger partial charge in [0.05, 0.1) is 5.92 Å². The fourth-order valence-electron chi connectivity index (χ4n) is 4.47. The first-order valence-corrected chi connectivity index (χ1v) is 10.2. The van der Waals surface area contributed by atoms with Gasteiger partial charge in [0.15, 0.2) is 0 Å². The van der Waals surface area contributed by atoms with E-state index in [9.17, 15) is 22.8 Å². The second kappa shape index (κ2) is 8.13. The highest BCUT2D eigenvalue weighted by atomic mass is 19.4. The molecule has 2 unspecified atom stereocenters. The van der Waals surface area contributed by atoms with Crippen LogP contribution in [0.25, 0.3) is 0 Å². The first kappa shape index (κ1) is 20.4. The van der Waals surface area contributed by atoms with Gasteiger partial charge in [-0.2, -0.15) is 13.2 Å². The van der Waals surface area contributed by atoms with Gasteiger partial charge in [0, 0.05) is 29.4 Å². The zero-order valence-electron chi connectivity index (χ0n) is 16.4. The molecular formula is C23H23F3N2O2. The molecular weight excluding hydrogens is 393 g/mol. The molecule has 30 heavy (non-hydrogen) atoms. The molecule has 2 amide bonds. The maximum atomic E-state index is 13.3. The van der Waals surface area contributed by atoms with Crippen LogP contribution < -0.4 is 10.2 Å². The van der Waals surface area contributed by atoms with Crippen molar-refractivity contribution in [1.29, 1.82) is 0 Å². The molecule has 0 spiro atoms. The van der Waals surface area contributed by atoms with Crippen LogP contribution in [0.3, 0.4) is 0 Å². The predicted octanol–water partition coefficient (Wildman–Crippen LogP) is 5.20. The van der Waals surface area contributed by atoms with Crippen molar-refractivity contribution in [2.24, 2.45) is 11.8 Å². The summed E-state index contributed by atoms with van der Waals surface area (Å²) in [5.41, 5.74) is 2.89. The topological polar surface area (TPSA) is 49.4 Å². The molecule has 1 N–H and O–H groups in total. The summed E-state index contributed by atoms with van der Waals surface area (Å²) in [5, 5.41) is 2.60. The Balaban J connectivity index is 1.44. The number of nitrogens with one attached hydrogen (secondary N) is 1. The van der Waals surface area contributed by atoms with Gasteiger partial charge in [-0.1, -0.05) is 31.0 Å². The van der Waals surface area contributed by atoms with Gasteiger partial charge in [0.1, 0.15) is 0 Å². The van der Waals surface area contributed by atoms with Crippen LogP contribution >= 0.6 is 0 Å². The summed E-state index contributed by atoms with van der Waals surface area (Å²) < 4.78 is 39.8. The fourth-order valence-corrected chi connectivity index (χ4v) is 4.47. The van der Waals surface area contributed by atoms with E-state index in [1.165, 1.54) is 0 Å². The molecule has 1 aliphatic carbocycles. The van der Waals surface area contributed by atoms with Crippen LogP contribution in [-0.2, 0) is 11.2 Å². The first-order valence-electron chi connectivity index (χ1n) is 10.2. The first-order chi connectivity index (χ1) is 14.3. The molecule has 1 aliphatic heterocycles. The number of rotatable bonds is 3. The number of alkyl halides is 3. The molecule has 7 heteroatoms. The van der Waals surface area contributed by atoms with Crippen molar-refractivity contribution in [2.75, 3.05) is 16.8 Å². The van der Waals surface area contributed by atoms with Crippen LogP contribution in [0.4, 0.5) is 24.5 Å². The normalized spacial score (nSPS) is 21.2. The van der Waals surface area contributed by atoms with Gasteiger partial charge in [-0.3, -0.25) is 9.59 Å². The number of nitrogens with zero attached hydrogens (tertiary/aromatic N) is 1. The smallest absolute Gasteiger partial charge is 0.326 e. The van der Waals surface area contributed by atoms with Gasteiger partial charge >= 0.3 is 6.18 Å². The second-order valence-corrected chi connectivity index (χ2v) is 7.94. The summed E-state index contributed by atoms with van der Waals surface area (Å²) in [6.07, 6.45) is -2.23. The lowest BCUT2D eigenvalue weighted by molar-refractivity contribution is -0.197. The number of hydrogen-bond donors (Lipinski definition) is 1. The van der Waals surface area contributed by atoms with Crippen LogP contribution in [0.5, 0.6) is 0 Å². The Morgan fingerprint density at radius 2 is 1.67 bits per heavy atom. The molecule has 1 fully saturated rings. The number of halogens is 3.